The van der Waals surface area contributed by atoms with E-state index in [4.69, 9.17) is 10.5 Å². The standard InChI is InChI=1S/C15H17N3O3/c1-18-9-12(16)7-13(18)15(20)21-10-14(19)17-8-11-5-3-2-4-6-11/h2-7,9H,8,10,16H2,1H3,(H,17,19). The Morgan fingerprint density at radius 1 is 1.29 bits per heavy atom. The quantitative estimate of drug-likeness (QED) is 0.806. The minimum Gasteiger partial charge on any atom is -0.451 e. The van der Waals surface area contributed by atoms with Gasteiger partial charge in [0.25, 0.3) is 5.91 Å². The molecule has 0 spiro atoms. The number of ether oxygens (including phenoxy) is 1. The van der Waals surface area contributed by atoms with Gasteiger partial charge in [0.05, 0.1) is 5.69 Å². The molecule has 1 amide bonds. The van der Waals surface area contributed by atoms with Crippen LogP contribution in [0, 0.1) is 0 Å². The van der Waals surface area contributed by atoms with Gasteiger partial charge in [-0.15, -0.1) is 0 Å². The van der Waals surface area contributed by atoms with Gasteiger partial charge in [0.2, 0.25) is 0 Å². The van der Waals surface area contributed by atoms with Gasteiger partial charge in [0.1, 0.15) is 5.69 Å². The highest BCUT2D eigenvalue weighted by Gasteiger charge is 2.14. The maximum Gasteiger partial charge on any atom is 0.355 e. The third kappa shape index (κ3) is 4.10. The summed E-state index contributed by atoms with van der Waals surface area (Å²) in [5, 5.41) is 2.68. The van der Waals surface area contributed by atoms with Crippen molar-refractivity contribution >= 4 is 17.6 Å². The van der Waals surface area contributed by atoms with Gasteiger partial charge in [-0.1, -0.05) is 30.3 Å². The molecule has 2 rings (SSSR count). The second-order valence-electron chi connectivity index (χ2n) is 4.61. The Balaban J connectivity index is 1.79. The Labute approximate surface area is 122 Å². The molecule has 2 aromatic rings. The average Bonchev–Trinajstić information content (AvgIpc) is 2.82. The Bertz CT molecular complexity index is 635. The van der Waals surface area contributed by atoms with Gasteiger partial charge in [-0.25, -0.2) is 4.79 Å². The summed E-state index contributed by atoms with van der Waals surface area (Å²) in [6.07, 6.45) is 1.60. The van der Waals surface area contributed by atoms with Crippen LogP contribution in [0.1, 0.15) is 16.1 Å². The number of nitrogens with zero attached hydrogens (tertiary/aromatic N) is 1. The van der Waals surface area contributed by atoms with Crippen LogP contribution in [0.2, 0.25) is 0 Å². The number of aryl methyl sites for hydroxylation is 1. The molecule has 3 N–H and O–H groups in total. The van der Waals surface area contributed by atoms with Crippen molar-refractivity contribution in [2.24, 2.45) is 7.05 Å². The summed E-state index contributed by atoms with van der Waals surface area (Å²) in [5.41, 5.74) is 7.34. The van der Waals surface area contributed by atoms with E-state index in [9.17, 15) is 9.59 Å². The zero-order valence-corrected chi connectivity index (χ0v) is 11.7. The molecule has 0 atom stereocenters. The van der Waals surface area contributed by atoms with E-state index in [-0.39, 0.29) is 12.5 Å². The lowest BCUT2D eigenvalue weighted by Crippen LogP contribution is -2.28. The lowest BCUT2D eigenvalue weighted by Gasteiger charge is -2.07. The second-order valence-corrected chi connectivity index (χ2v) is 4.61. The molecule has 0 saturated carbocycles. The van der Waals surface area contributed by atoms with E-state index < -0.39 is 5.97 Å². The molecule has 0 fully saturated rings. The molecule has 0 unspecified atom stereocenters. The summed E-state index contributed by atoms with van der Waals surface area (Å²) in [6.45, 7) is 0.0745. The number of hydrogen-bond acceptors (Lipinski definition) is 4. The molecule has 21 heavy (non-hydrogen) atoms. The maximum atomic E-state index is 11.8. The number of esters is 1. The number of benzene rings is 1. The fourth-order valence-electron chi connectivity index (χ4n) is 1.85. The topological polar surface area (TPSA) is 86.3 Å². The molecule has 1 aromatic heterocycles. The lowest BCUT2D eigenvalue weighted by molar-refractivity contribution is -0.124. The first-order valence-electron chi connectivity index (χ1n) is 6.46. The van der Waals surface area contributed by atoms with Crippen molar-refractivity contribution in [2.75, 3.05) is 12.3 Å². The van der Waals surface area contributed by atoms with Crippen molar-refractivity contribution in [3.63, 3.8) is 0 Å². The van der Waals surface area contributed by atoms with Gasteiger partial charge >= 0.3 is 5.97 Å². The van der Waals surface area contributed by atoms with Gasteiger partial charge in [-0.3, -0.25) is 4.79 Å². The van der Waals surface area contributed by atoms with Crippen LogP contribution in [0.3, 0.4) is 0 Å². The number of carbonyl (C=O) groups excluding carboxylic acids is 2. The Hall–Kier alpha value is -2.76. The van der Waals surface area contributed by atoms with E-state index in [0.29, 0.717) is 17.9 Å². The third-order valence-electron chi connectivity index (χ3n) is 2.90. The van der Waals surface area contributed by atoms with Gasteiger partial charge in [-0.05, 0) is 11.6 Å². The number of hydrogen-bond donors (Lipinski definition) is 2. The largest absolute Gasteiger partial charge is 0.451 e. The Morgan fingerprint density at radius 2 is 2.00 bits per heavy atom. The monoisotopic (exact) mass is 287 g/mol. The first-order chi connectivity index (χ1) is 10.1. The highest BCUT2D eigenvalue weighted by molar-refractivity contribution is 5.91. The molecule has 0 aliphatic rings. The summed E-state index contributed by atoms with van der Waals surface area (Å²) < 4.78 is 6.50. The molecule has 0 saturated heterocycles. The molecule has 0 radical (unpaired) electrons. The normalized spacial score (nSPS) is 10.1. The van der Waals surface area contributed by atoms with Crippen molar-refractivity contribution in [2.45, 2.75) is 6.54 Å². The summed E-state index contributed by atoms with van der Waals surface area (Å²) in [6, 6.07) is 11.0. The Kier molecular flexibility index (Phi) is 4.61. The highest BCUT2D eigenvalue weighted by Crippen LogP contribution is 2.09. The van der Waals surface area contributed by atoms with Crippen LogP contribution in [0.5, 0.6) is 0 Å². The summed E-state index contributed by atoms with van der Waals surface area (Å²) >= 11 is 0. The fraction of sp³-hybridized carbons (Fsp3) is 0.200. The molecule has 6 heteroatoms. The van der Waals surface area contributed by atoms with Crippen LogP contribution in [0.4, 0.5) is 5.69 Å². The number of aromatic nitrogens is 1. The number of nitrogen functional groups attached to an aromatic ring is 1. The van der Waals surface area contributed by atoms with Gasteiger partial charge in [0, 0.05) is 19.8 Å². The van der Waals surface area contributed by atoms with Crippen LogP contribution in [0.15, 0.2) is 42.6 Å². The van der Waals surface area contributed by atoms with E-state index in [0.717, 1.165) is 5.56 Å². The van der Waals surface area contributed by atoms with E-state index in [1.807, 2.05) is 30.3 Å². The highest BCUT2D eigenvalue weighted by atomic mass is 16.5. The third-order valence-corrected chi connectivity index (χ3v) is 2.90. The smallest absolute Gasteiger partial charge is 0.355 e. The van der Waals surface area contributed by atoms with Gasteiger partial charge in [0.15, 0.2) is 6.61 Å². The zero-order valence-electron chi connectivity index (χ0n) is 11.7. The predicted molar refractivity (Wildman–Crippen MR) is 78.4 cm³/mol. The first-order valence-corrected chi connectivity index (χ1v) is 6.46. The van der Waals surface area contributed by atoms with Gasteiger partial charge in [-0.2, -0.15) is 0 Å². The fourth-order valence-corrected chi connectivity index (χ4v) is 1.85. The summed E-state index contributed by atoms with van der Waals surface area (Å²) in [7, 11) is 1.68. The molecule has 1 aromatic carbocycles. The molecule has 0 aliphatic carbocycles. The number of rotatable bonds is 5. The van der Waals surface area contributed by atoms with E-state index in [1.54, 1.807) is 17.8 Å². The molecule has 110 valence electrons. The van der Waals surface area contributed by atoms with E-state index >= 15 is 0 Å². The predicted octanol–water partition coefficient (Wildman–Crippen LogP) is 1.08. The minimum absolute atomic E-state index is 0.309. The number of nitrogens with two attached hydrogens (primary N) is 1. The van der Waals surface area contributed by atoms with Crippen LogP contribution in [-0.4, -0.2) is 23.1 Å². The van der Waals surface area contributed by atoms with Crippen LogP contribution >= 0.6 is 0 Å². The van der Waals surface area contributed by atoms with Crippen LogP contribution in [-0.2, 0) is 23.1 Å². The maximum absolute atomic E-state index is 11.8. The van der Waals surface area contributed by atoms with E-state index in [2.05, 4.69) is 5.32 Å². The SMILES string of the molecule is Cn1cc(N)cc1C(=O)OCC(=O)NCc1ccccc1. The number of nitrogens with one attached hydrogen (secondary N) is 1. The number of anilines is 1. The van der Waals surface area contributed by atoms with Crippen LogP contribution in [0.25, 0.3) is 0 Å². The molecular weight excluding hydrogens is 270 g/mol. The van der Waals surface area contributed by atoms with E-state index in [1.165, 1.54) is 6.07 Å². The molecule has 1 heterocycles. The lowest BCUT2D eigenvalue weighted by atomic mass is 10.2. The zero-order chi connectivity index (χ0) is 15.2. The van der Waals surface area contributed by atoms with Crippen molar-refractivity contribution in [1.29, 1.82) is 0 Å². The summed E-state index contributed by atoms with van der Waals surface area (Å²) in [4.78, 5) is 23.4. The molecular formula is C15H17N3O3. The summed E-state index contributed by atoms with van der Waals surface area (Å²) in [5.74, 6) is -0.932. The van der Waals surface area contributed by atoms with Crippen LogP contribution < -0.4 is 11.1 Å². The minimum atomic E-state index is -0.580. The molecule has 0 aliphatic heterocycles. The Morgan fingerprint density at radius 3 is 2.62 bits per heavy atom. The van der Waals surface area contributed by atoms with Gasteiger partial charge < -0.3 is 20.4 Å². The molecule has 0 bridgehead atoms. The van der Waals surface area contributed by atoms with Crippen molar-refractivity contribution in [3.05, 3.63) is 53.9 Å². The molecule has 6 nitrogen and oxygen atoms in total. The number of amides is 1. The average molecular weight is 287 g/mol. The van der Waals surface area contributed by atoms with Crippen molar-refractivity contribution in [1.82, 2.24) is 9.88 Å². The second kappa shape index (κ2) is 6.60. The number of carbonyl (C=O) groups is 2. The first kappa shape index (κ1) is 14.6. The van der Waals surface area contributed by atoms with Crippen molar-refractivity contribution in [3.8, 4) is 0 Å². The van der Waals surface area contributed by atoms with Crippen molar-refractivity contribution < 1.29 is 14.3 Å².